The molecule has 2 aromatic rings. The lowest BCUT2D eigenvalue weighted by molar-refractivity contribution is 0.219. The van der Waals surface area contributed by atoms with E-state index < -0.39 is 6.10 Å². The van der Waals surface area contributed by atoms with Crippen LogP contribution in [0, 0.1) is 12.7 Å². The maximum Gasteiger partial charge on any atom is 0.126 e. The van der Waals surface area contributed by atoms with Gasteiger partial charge in [0.1, 0.15) is 17.7 Å². The molecule has 2 nitrogen and oxygen atoms in total. The molecule has 0 fully saturated rings. The molecule has 19 heavy (non-hydrogen) atoms. The Morgan fingerprint density at radius 2 is 1.74 bits per heavy atom. The number of rotatable bonds is 4. The van der Waals surface area contributed by atoms with E-state index in [2.05, 4.69) is 0 Å². The van der Waals surface area contributed by atoms with Crippen LogP contribution in [0.4, 0.5) is 4.39 Å². The lowest BCUT2D eigenvalue weighted by atomic mass is 10.0. The highest BCUT2D eigenvalue weighted by Crippen LogP contribution is 2.25. The normalized spacial score (nSPS) is 12.2. The van der Waals surface area contributed by atoms with Crippen molar-refractivity contribution < 1.29 is 14.2 Å². The van der Waals surface area contributed by atoms with E-state index in [1.165, 1.54) is 6.07 Å². The molecule has 3 heteroatoms. The fourth-order valence-electron chi connectivity index (χ4n) is 1.88. The number of halogens is 1. The zero-order valence-electron chi connectivity index (χ0n) is 11.1. The van der Waals surface area contributed by atoms with Crippen LogP contribution in [0.5, 0.6) is 5.75 Å². The first kappa shape index (κ1) is 13.6. The second-order valence-corrected chi connectivity index (χ2v) is 4.41. The lowest BCUT2D eigenvalue weighted by Crippen LogP contribution is -2.01. The third-order valence-electron chi connectivity index (χ3n) is 3.02. The molecule has 0 aliphatic heterocycles. The maximum atomic E-state index is 13.5. The van der Waals surface area contributed by atoms with Crippen molar-refractivity contribution in [3.63, 3.8) is 0 Å². The monoisotopic (exact) mass is 260 g/mol. The first-order valence-electron chi connectivity index (χ1n) is 6.28. The number of aryl methyl sites for hydroxylation is 1. The lowest BCUT2D eigenvalue weighted by Gasteiger charge is -2.13. The minimum Gasteiger partial charge on any atom is -0.494 e. The molecule has 0 aliphatic carbocycles. The van der Waals surface area contributed by atoms with Crippen LogP contribution in [0.15, 0.2) is 42.5 Å². The van der Waals surface area contributed by atoms with Crippen LogP contribution < -0.4 is 4.74 Å². The molecular formula is C16H17FO2. The van der Waals surface area contributed by atoms with Crippen LogP contribution in [0.2, 0.25) is 0 Å². The van der Waals surface area contributed by atoms with Crippen molar-refractivity contribution in [3.05, 3.63) is 65.0 Å². The van der Waals surface area contributed by atoms with Gasteiger partial charge in [-0.3, -0.25) is 0 Å². The fourth-order valence-corrected chi connectivity index (χ4v) is 1.88. The SMILES string of the molecule is CCOc1ccc(C(O)c2ccc(C)c(F)c2)cc1. The summed E-state index contributed by atoms with van der Waals surface area (Å²) in [5, 5.41) is 10.2. The molecule has 0 radical (unpaired) electrons. The molecule has 1 unspecified atom stereocenters. The quantitative estimate of drug-likeness (QED) is 0.909. The van der Waals surface area contributed by atoms with Crippen LogP contribution in [-0.2, 0) is 0 Å². The number of benzene rings is 2. The summed E-state index contributed by atoms with van der Waals surface area (Å²) in [5.41, 5.74) is 1.83. The van der Waals surface area contributed by atoms with Gasteiger partial charge >= 0.3 is 0 Å². The van der Waals surface area contributed by atoms with Gasteiger partial charge in [0.2, 0.25) is 0 Å². The van der Waals surface area contributed by atoms with Gasteiger partial charge in [0.25, 0.3) is 0 Å². The van der Waals surface area contributed by atoms with Crippen LogP contribution in [-0.4, -0.2) is 11.7 Å². The number of aliphatic hydroxyl groups excluding tert-OH is 1. The van der Waals surface area contributed by atoms with Crippen molar-refractivity contribution in [2.45, 2.75) is 20.0 Å². The Bertz CT molecular complexity index is 549. The fraction of sp³-hybridized carbons (Fsp3) is 0.250. The van der Waals surface area contributed by atoms with Crippen molar-refractivity contribution >= 4 is 0 Å². The van der Waals surface area contributed by atoms with Gasteiger partial charge in [-0.2, -0.15) is 0 Å². The average Bonchev–Trinajstić information content (AvgIpc) is 2.42. The van der Waals surface area contributed by atoms with E-state index in [9.17, 15) is 9.50 Å². The van der Waals surface area contributed by atoms with Gasteiger partial charge in [-0.15, -0.1) is 0 Å². The molecule has 0 heterocycles. The Morgan fingerprint density at radius 3 is 2.32 bits per heavy atom. The smallest absolute Gasteiger partial charge is 0.126 e. The van der Waals surface area contributed by atoms with Gasteiger partial charge < -0.3 is 9.84 Å². The third kappa shape index (κ3) is 3.12. The second kappa shape index (κ2) is 5.85. The number of ether oxygens (including phenoxy) is 1. The molecule has 0 aromatic heterocycles. The van der Waals surface area contributed by atoms with Gasteiger partial charge in [0, 0.05) is 0 Å². The predicted octanol–water partition coefficient (Wildman–Crippen LogP) is 3.61. The third-order valence-corrected chi connectivity index (χ3v) is 3.02. The van der Waals surface area contributed by atoms with Crippen molar-refractivity contribution in [2.75, 3.05) is 6.61 Å². The van der Waals surface area contributed by atoms with E-state index in [0.29, 0.717) is 23.3 Å². The van der Waals surface area contributed by atoms with Gasteiger partial charge in [0.15, 0.2) is 0 Å². The average molecular weight is 260 g/mol. The molecule has 2 aromatic carbocycles. The summed E-state index contributed by atoms with van der Waals surface area (Å²) in [7, 11) is 0. The summed E-state index contributed by atoms with van der Waals surface area (Å²) >= 11 is 0. The predicted molar refractivity (Wildman–Crippen MR) is 72.8 cm³/mol. The zero-order valence-corrected chi connectivity index (χ0v) is 11.1. The van der Waals surface area contributed by atoms with E-state index in [4.69, 9.17) is 4.74 Å². The highest BCUT2D eigenvalue weighted by atomic mass is 19.1. The van der Waals surface area contributed by atoms with Crippen molar-refractivity contribution in [1.29, 1.82) is 0 Å². The molecule has 1 atom stereocenters. The van der Waals surface area contributed by atoms with Gasteiger partial charge in [-0.05, 0) is 48.7 Å². The molecule has 0 saturated carbocycles. The molecule has 1 N–H and O–H groups in total. The Labute approximate surface area is 112 Å². The molecule has 0 bridgehead atoms. The molecule has 2 rings (SSSR count). The largest absolute Gasteiger partial charge is 0.494 e. The van der Waals surface area contributed by atoms with Crippen molar-refractivity contribution in [3.8, 4) is 5.75 Å². The van der Waals surface area contributed by atoms with E-state index in [0.717, 1.165) is 5.75 Å². The number of aliphatic hydroxyl groups is 1. The summed E-state index contributed by atoms with van der Waals surface area (Å²) in [6.45, 7) is 4.21. The summed E-state index contributed by atoms with van der Waals surface area (Å²) in [5.74, 6) is 0.455. The molecule has 0 amide bonds. The Balaban J connectivity index is 2.22. The first-order chi connectivity index (χ1) is 9.11. The van der Waals surface area contributed by atoms with Crippen LogP contribution >= 0.6 is 0 Å². The Hall–Kier alpha value is -1.87. The highest BCUT2D eigenvalue weighted by molar-refractivity contribution is 5.35. The van der Waals surface area contributed by atoms with Crippen molar-refractivity contribution in [1.82, 2.24) is 0 Å². The van der Waals surface area contributed by atoms with Gasteiger partial charge in [0.05, 0.1) is 6.61 Å². The number of hydrogen-bond donors (Lipinski definition) is 1. The molecule has 0 saturated heterocycles. The topological polar surface area (TPSA) is 29.5 Å². The second-order valence-electron chi connectivity index (χ2n) is 4.41. The van der Waals surface area contributed by atoms with Crippen LogP contribution in [0.1, 0.15) is 29.7 Å². The van der Waals surface area contributed by atoms with Crippen LogP contribution in [0.3, 0.4) is 0 Å². The van der Waals surface area contributed by atoms with Gasteiger partial charge in [-0.25, -0.2) is 4.39 Å². The zero-order chi connectivity index (χ0) is 13.8. The molecular weight excluding hydrogens is 243 g/mol. The minimum atomic E-state index is -0.828. The highest BCUT2D eigenvalue weighted by Gasteiger charge is 2.12. The standard InChI is InChI=1S/C16H17FO2/c1-3-19-14-8-6-12(7-9-14)16(18)13-5-4-11(2)15(17)10-13/h4-10,16,18H,3H2,1-2H3. The van der Waals surface area contributed by atoms with Crippen molar-refractivity contribution in [2.24, 2.45) is 0 Å². The van der Waals surface area contributed by atoms with E-state index in [-0.39, 0.29) is 5.82 Å². The first-order valence-corrected chi connectivity index (χ1v) is 6.28. The summed E-state index contributed by atoms with van der Waals surface area (Å²) in [6.07, 6.45) is -0.828. The van der Waals surface area contributed by atoms with E-state index in [1.54, 1.807) is 43.3 Å². The molecule has 0 spiro atoms. The summed E-state index contributed by atoms with van der Waals surface area (Å²) < 4.78 is 18.8. The summed E-state index contributed by atoms with van der Waals surface area (Å²) in [4.78, 5) is 0. The maximum absolute atomic E-state index is 13.5. The molecule has 100 valence electrons. The molecule has 0 aliphatic rings. The Morgan fingerprint density at radius 1 is 1.11 bits per heavy atom. The van der Waals surface area contributed by atoms with Crippen LogP contribution in [0.25, 0.3) is 0 Å². The minimum absolute atomic E-state index is 0.303. The Kier molecular flexibility index (Phi) is 4.17. The van der Waals surface area contributed by atoms with E-state index in [1.807, 2.05) is 6.92 Å². The number of hydrogen-bond acceptors (Lipinski definition) is 2. The van der Waals surface area contributed by atoms with E-state index >= 15 is 0 Å². The summed E-state index contributed by atoms with van der Waals surface area (Å²) in [6, 6.07) is 11.9. The van der Waals surface area contributed by atoms with Gasteiger partial charge in [-0.1, -0.05) is 24.3 Å².